The Morgan fingerprint density at radius 2 is 1.57 bits per heavy atom. The van der Waals surface area contributed by atoms with Crippen molar-refractivity contribution in [2.45, 2.75) is 33.3 Å². The molecule has 1 heterocycles. The number of aromatic nitrogens is 1. The first-order valence-corrected chi connectivity index (χ1v) is 9.32. The zero-order valence-electron chi connectivity index (χ0n) is 16.3. The standard InChI is InChI=1S/C19H20Cl3NO5/c1-9-7-11(20)16(27-6)13(15(9)26-5)14(24)10-8-12(21)23(17(10)22)18(25)28-19(2,3)4/h7-8H,1-6H3. The summed E-state index contributed by atoms with van der Waals surface area (Å²) in [6.07, 6.45) is -0.803. The molecule has 0 amide bonds. The highest BCUT2D eigenvalue weighted by atomic mass is 35.5. The van der Waals surface area contributed by atoms with E-state index in [4.69, 9.17) is 49.0 Å². The van der Waals surface area contributed by atoms with E-state index in [1.807, 2.05) is 0 Å². The summed E-state index contributed by atoms with van der Waals surface area (Å²) in [6.45, 7) is 6.84. The molecule has 6 nitrogen and oxygen atoms in total. The lowest BCUT2D eigenvalue weighted by molar-refractivity contribution is 0.0538. The fraction of sp³-hybridized carbons (Fsp3) is 0.368. The van der Waals surface area contributed by atoms with Crippen LogP contribution in [0.4, 0.5) is 4.79 Å². The van der Waals surface area contributed by atoms with Gasteiger partial charge in [-0.15, -0.1) is 0 Å². The predicted octanol–water partition coefficient (Wildman–Crippen LogP) is 5.79. The van der Waals surface area contributed by atoms with Crippen LogP contribution in [0.2, 0.25) is 15.3 Å². The third-order valence-corrected chi connectivity index (χ3v) is 4.66. The molecule has 2 aromatic rings. The number of rotatable bonds is 4. The molecule has 0 spiro atoms. The number of hydrogen-bond acceptors (Lipinski definition) is 5. The molecule has 0 N–H and O–H groups in total. The molecule has 0 bridgehead atoms. The van der Waals surface area contributed by atoms with Gasteiger partial charge in [0.1, 0.15) is 27.2 Å². The van der Waals surface area contributed by atoms with Crippen LogP contribution in [0.5, 0.6) is 11.5 Å². The summed E-state index contributed by atoms with van der Waals surface area (Å²) in [5.74, 6) is -0.150. The van der Waals surface area contributed by atoms with Gasteiger partial charge in [0.2, 0.25) is 5.78 Å². The summed E-state index contributed by atoms with van der Waals surface area (Å²) < 4.78 is 16.9. The number of ketones is 1. The molecule has 0 fully saturated rings. The Morgan fingerprint density at radius 1 is 1.00 bits per heavy atom. The van der Waals surface area contributed by atoms with Crippen molar-refractivity contribution in [2.24, 2.45) is 0 Å². The van der Waals surface area contributed by atoms with Crippen LogP contribution in [0.1, 0.15) is 42.3 Å². The molecule has 9 heteroatoms. The molecule has 28 heavy (non-hydrogen) atoms. The second-order valence-corrected chi connectivity index (χ2v) is 8.09. The SMILES string of the molecule is COc1c(C)cc(Cl)c(OC)c1C(=O)c1cc(Cl)n(C(=O)OC(C)(C)C)c1Cl. The summed E-state index contributed by atoms with van der Waals surface area (Å²) in [7, 11) is 2.81. The van der Waals surface area contributed by atoms with E-state index < -0.39 is 17.5 Å². The van der Waals surface area contributed by atoms with Crippen molar-refractivity contribution >= 4 is 46.7 Å². The quantitative estimate of drug-likeness (QED) is 0.554. The highest BCUT2D eigenvalue weighted by molar-refractivity contribution is 6.39. The molecule has 0 unspecified atom stereocenters. The largest absolute Gasteiger partial charge is 0.496 e. The monoisotopic (exact) mass is 447 g/mol. The molecule has 0 aliphatic heterocycles. The van der Waals surface area contributed by atoms with Gasteiger partial charge in [-0.25, -0.2) is 9.36 Å². The second-order valence-electron chi connectivity index (χ2n) is 6.93. The Bertz CT molecular complexity index is 916. The van der Waals surface area contributed by atoms with Gasteiger partial charge in [-0.1, -0.05) is 34.8 Å². The van der Waals surface area contributed by atoms with Gasteiger partial charge >= 0.3 is 6.09 Å². The molecular weight excluding hydrogens is 429 g/mol. The highest BCUT2D eigenvalue weighted by Gasteiger charge is 2.31. The summed E-state index contributed by atoms with van der Waals surface area (Å²) in [5, 5.41) is -0.0248. The topological polar surface area (TPSA) is 66.8 Å². The Balaban J connectivity index is 2.64. The van der Waals surface area contributed by atoms with Crippen LogP contribution in [0.15, 0.2) is 12.1 Å². The smallest absolute Gasteiger partial charge is 0.420 e. The van der Waals surface area contributed by atoms with Gasteiger partial charge in [0, 0.05) is 0 Å². The van der Waals surface area contributed by atoms with Crippen molar-refractivity contribution < 1.29 is 23.8 Å². The molecule has 0 saturated carbocycles. The number of ether oxygens (including phenoxy) is 3. The van der Waals surface area contributed by atoms with Gasteiger partial charge in [0.05, 0.1) is 24.8 Å². The van der Waals surface area contributed by atoms with E-state index >= 15 is 0 Å². The lowest BCUT2D eigenvalue weighted by Gasteiger charge is -2.20. The van der Waals surface area contributed by atoms with Crippen LogP contribution in [0, 0.1) is 6.92 Å². The summed E-state index contributed by atoms with van der Waals surface area (Å²) in [4.78, 5) is 25.7. The van der Waals surface area contributed by atoms with E-state index in [2.05, 4.69) is 0 Å². The summed E-state index contributed by atoms with van der Waals surface area (Å²) in [5.41, 5.74) is -0.0783. The average molecular weight is 449 g/mol. The fourth-order valence-corrected chi connectivity index (χ4v) is 3.58. The first-order chi connectivity index (χ1) is 12.9. The van der Waals surface area contributed by atoms with Crippen LogP contribution in [-0.2, 0) is 4.74 Å². The second kappa shape index (κ2) is 8.23. The maximum Gasteiger partial charge on any atom is 0.420 e. The Labute approximate surface area is 178 Å². The van der Waals surface area contributed by atoms with Crippen LogP contribution >= 0.6 is 34.8 Å². The zero-order chi connectivity index (χ0) is 21.4. The average Bonchev–Trinajstić information content (AvgIpc) is 2.86. The van der Waals surface area contributed by atoms with Crippen molar-refractivity contribution in [3.05, 3.63) is 44.2 Å². The normalized spacial score (nSPS) is 11.3. The van der Waals surface area contributed by atoms with Crippen molar-refractivity contribution in [1.82, 2.24) is 4.57 Å². The molecule has 1 aromatic carbocycles. The number of carbonyl (C=O) groups excluding carboxylic acids is 2. The van der Waals surface area contributed by atoms with Gasteiger partial charge in [-0.3, -0.25) is 4.79 Å². The van der Waals surface area contributed by atoms with E-state index in [9.17, 15) is 9.59 Å². The number of benzene rings is 1. The minimum Gasteiger partial charge on any atom is -0.496 e. The van der Waals surface area contributed by atoms with Crippen LogP contribution in [0.3, 0.4) is 0 Å². The molecular formula is C19H20Cl3NO5. The molecule has 0 aliphatic rings. The number of halogens is 3. The van der Waals surface area contributed by atoms with E-state index in [1.165, 1.54) is 20.3 Å². The van der Waals surface area contributed by atoms with Gasteiger partial charge < -0.3 is 14.2 Å². The molecule has 152 valence electrons. The van der Waals surface area contributed by atoms with Gasteiger partial charge in [0.15, 0.2) is 5.75 Å². The third kappa shape index (κ3) is 4.24. The summed E-state index contributed by atoms with van der Waals surface area (Å²) >= 11 is 18.7. The van der Waals surface area contributed by atoms with E-state index in [-0.39, 0.29) is 38.0 Å². The van der Waals surface area contributed by atoms with Crippen LogP contribution < -0.4 is 9.47 Å². The van der Waals surface area contributed by atoms with Crippen LogP contribution in [-0.4, -0.2) is 36.3 Å². The van der Waals surface area contributed by atoms with Gasteiger partial charge in [-0.05, 0) is 45.4 Å². The lowest BCUT2D eigenvalue weighted by Crippen LogP contribution is -2.27. The van der Waals surface area contributed by atoms with Crippen molar-refractivity contribution in [1.29, 1.82) is 0 Å². The number of nitrogens with zero attached hydrogens (tertiary/aromatic N) is 1. The number of methoxy groups -OCH3 is 2. The Morgan fingerprint density at radius 3 is 2.07 bits per heavy atom. The van der Waals surface area contributed by atoms with Crippen molar-refractivity contribution in [3.63, 3.8) is 0 Å². The van der Waals surface area contributed by atoms with Gasteiger partial charge in [0.25, 0.3) is 0 Å². The Hall–Kier alpha value is -1.89. The maximum atomic E-state index is 13.3. The first kappa shape index (κ1) is 22.4. The molecule has 0 radical (unpaired) electrons. The highest BCUT2D eigenvalue weighted by Crippen LogP contribution is 2.41. The fourth-order valence-electron chi connectivity index (χ4n) is 2.64. The van der Waals surface area contributed by atoms with E-state index in [1.54, 1.807) is 33.8 Å². The lowest BCUT2D eigenvalue weighted by atomic mass is 10.0. The van der Waals surface area contributed by atoms with Gasteiger partial charge in [-0.2, -0.15) is 0 Å². The molecule has 2 rings (SSSR count). The number of carbonyl (C=O) groups is 2. The van der Waals surface area contributed by atoms with Crippen molar-refractivity contribution in [2.75, 3.05) is 14.2 Å². The molecule has 0 atom stereocenters. The minimum absolute atomic E-state index is 0.0178. The van der Waals surface area contributed by atoms with Crippen LogP contribution in [0.25, 0.3) is 0 Å². The number of hydrogen-bond donors (Lipinski definition) is 0. The minimum atomic E-state index is -0.803. The Kier molecular flexibility index (Phi) is 6.58. The first-order valence-electron chi connectivity index (χ1n) is 8.18. The van der Waals surface area contributed by atoms with Crippen molar-refractivity contribution in [3.8, 4) is 11.5 Å². The third-order valence-electron chi connectivity index (χ3n) is 3.72. The zero-order valence-corrected chi connectivity index (χ0v) is 18.5. The predicted molar refractivity (Wildman–Crippen MR) is 109 cm³/mol. The molecule has 0 saturated heterocycles. The maximum absolute atomic E-state index is 13.3. The van der Waals surface area contributed by atoms with E-state index in [0.717, 1.165) is 4.57 Å². The summed E-state index contributed by atoms with van der Waals surface area (Å²) in [6, 6.07) is 2.90. The molecule has 1 aromatic heterocycles. The number of aryl methyl sites for hydroxylation is 1. The van der Waals surface area contributed by atoms with E-state index in [0.29, 0.717) is 5.56 Å². The molecule has 0 aliphatic carbocycles.